The number of benzene rings is 2. The highest BCUT2D eigenvalue weighted by Gasteiger charge is 2.36. The number of carbonyl (C=O) groups is 1. The number of hydrogen-bond acceptors (Lipinski definition) is 4. The highest BCUT2D eigenvalue weighted by atomic mass is 19.1. The summed E-state index contributed by atoms with van der Waals surface area (Å²) in [5.41, 5.74) is 3.69. The molecule has 0 saturated carbocycles. The highest BCUT2D eigenvalue weighted by Crippen LogP contribution is 2.44. The molecule has 6 nitrogen and oxygen atoms in total. The van der Waals surface area contributed by atoms with Crippen molar-refractivity contribution in [3.8, 4) is 23.0 Å². The molecule has 1 aliphatic rings. The van der Waals surface area contributed by atoms with Crippen molar-refractivity contribution in [1.82, 2.24) is 10.4 Å². The summed E-state index contributed by atoms with van der Waals surface area (Å²) in [6.07, 6.45) is 1.80. The number of nitrogens with one attached hydrogen (secondary N) is 4. The van der Waals surface area contributed by atoms with Gasteiger partial charge < -0.3 is 15.6 Å². The molecule has 164 valence electrons. The molecule has 1 aromatic heterocycles. The van der Waals surface area contributed by atoms with E-state index in [1.165, 1.54) is 6.07 Å². The Hall–Kier alpha value is -3.83. The van der Waals surface area contributed by atoms with Crippen LogP contribution in [-0.4, -0.2) is 16.4 Å². The normalized spacial score (nSPS) is 15.7. The van der Waals surface area contributed by atoms with Crippen molar-refractivity contribution in [2.24, 2.45) is 5.84 Å². The first-order chi connectivity index (χ1) is 15.2. The number of fused-ring (bicyclic) bond motifs is 2. The van der Waals surface area contributed by atoms with Gasteiger partial charge in [-0.2, -0.15) is 0 Å². The zero-order valence-corrected chi connectivity index (χ0v) is 18.1. The van der Waals surface area contributed by atoms with Gasteiger partial charge in [-0.1, -0.05) is 24.1 Å². The zero-order valence-electron chi connectivity index (χ0n) is 18.1. The maximum Gasteiger partial charge on any atom is 0.275 e. The molecular formula is C24H23F2N5O. The SMILES string of the molecule is CC#CC(C(=O)NN)=C1Nc2c(cc(F)c(-c3cccc4c(C)c[nH]c34)c2F)NC1(C)C. The summed E-state index contributed by atoms with van der Waals surface area (Å²) < 4.78 is 31.1. The minimum absolute atomic E-state index is 0.0243. The molecule has 0 radical (unpaired) electrons. The van der Waals surface area contributed by atoms with Crippen LogP contribution in [0.15, 0.2) is 41.7 Å². The smallest absolute Gasteiger partial charge is 0.275 e. The molecule has 4 rings (SSSR count). The van der Waals surface area contributed by atoms with E-state index in [2.05, 4.69) is 32.9 Å². The van der Waals surface area contributed by atoms with Crippen molar-refractivity contribution < 1.29 is 13.6 Å². The number of rotatable bonds is 2. The number of hydrogen-bond donors (Lipinski definition) is 5. The van der Waals surface area contributed by atoms with Gasteiger partial charge in [0.25, 0.3) is 5.91 Å². The van der Waals surface area contributed by atoms with Gasteiger partial charge in [0, 0.05) is 17.1 Å². The summed E-state index contributed by atoms with van der Waals surface area (Å²) in [5.74, 6) is 8.63. The maximum absolute atomic E-state index is 15.9. The number of nitrogens with two attached hydrogens (primary N) is 1. The van der Waals surface area contributed by atoms with E-state index in [4.69, 9.17) is 5.84 Å². The lowest BCUT2D eigenvalue weighted by Crippen LogP contribution is -2.44. The van der Waals surface area contributed by atoms with Gasteiger partial charge in [-0.15, -0.1) is 5.92 Å². The Balaban J connectivity index is 1.97. The topological polar surface area (TPSA) is 95.0 Å². The van der Waals surface area contributed by atoms with Crippen molar-refractivity contribution in [3.63, 3.8) is 0 Å². The highest BCUT2D eigenvalue weighted by molar-refractivity contribution is 6.01. The quantitative estimate of drug-likeness (QED) is 0.136. The Morgan fingerprint density at radius 2 is 2.00 bits per heavy atom. The minimum atomic E-state index is -0.879. The molecule has 0 fully saturated rings. The lowest BCUT2D eigenvalue weighted by molar-refractivity contribution is -0.117. The number of carbonyl (C=O) groups excluding carboxylic acids is 1. The molecule has 2 aromatic carbocycles. The van der Waals surface area contributed by atoms with Gasteiger partial charge in [-0.3, -0.25) is 10.2 Å². The summed E-state index contributed by atoms with van der Waals surface area (Å²) in [6.45, 7) is 7.04. The summed E-state index contributed by atoms with van der Waals surface area (Å²) in [4.78, 5) is 15.5. The molecule has 6 N–H and O–H groups in total. The van der Waals surface area contributed by atoms with Gasteiger partial charge in [0.1, 0.15) is 11.4 Å². The third kappa shape index (κ3) is 3.27. The molecule has 2 heterocycles. The average molecular weight is 435 g/mol. The molecule has 1 amide bonds. The lowest BCUT2D eigenvalue weighted by atomic mass is 9.90. The molecule has 3 aromatic rings. The van der Waals surface area contributed by atoms with Gasteiger partial charge in [0.2, 0.25) is 0 Å². The fourth-order valence-corrected chi connectivity index (χ4v) is 4.08. The molecular weight excluding hydrogens is 412 g/mol. The second-order valence-corrected chi connectivity index (χ2v) is 8.14. The summed E-state index contributed by atoms with van der Waals surface area (Å²) >= 11 is 0. The molecule has 0 bridgehead atoms. The van der Waals surface area contributed by atoms with Crippen molar-refractivity contribution in [2.75, 3.05) is 10.6 Å². The monoisotopic (exact) mass is 435 g/mol. The Labute approximate surface area is 184 Å². The van der Waals surface area contributed by atoms with Crippen molar-refractivity contribution in [3.05, 3.63) is 58.9 Å². The average Bonchev–Trinajstić information content (AvgIpc) is 3.12. The van der Waals surface area contributed by atoms with Crippen molar-refractivity contribution >= 4 is 28.2 Å². The number of halogens is 2. The Morgan fingerprint density at radius 1 is 1.25 bits per heavy atom. The number of H-pyrrole nitrogens is 1. The van der Waals surface area contributed by atoms with Gasteiger partial charge in [0.15, 0.2) is 5.82 Å². The minimum Gasteiger partial charge on any atom is -0.373 e. The van der Waals surface area contributed by atoms with E-state index in [1.54, 1.807) is 39.1 Å². The van der Waals surface area contributed by atoms with Crippen LogP contribution in [0.25, 0.3) is 22.0 Å². The Kier molecular flexibility index (Phi) is 5.15. The molecule has 0 atom stereocenters. The van der Waals surface area contributed by atoms with Crippen LogP contribution < -0.4 is 21.9 Å². The van der Waals surface area contributed by atoms with Gasteiger partial charge in [0.05, 0.1) is 33.7 Å². The van der Waals surface area contributed by atoms with E-state index >= 15 is 8.78 Å². The number of anilines is 2. The number of amides is 1. The molecule has 0 saturated heterocycles. The van der Waals surface area contributed by atoms with E-state index in [9.17, 15) is 4.79 Å². The van der Waals surface area contributed by atoms with E-state index in [0.717, 1.165) is 10.9 Å². The first-order valence-electron chi connectivity index (χ1n) is 10.0. The van der Waals surface area contributed by atoms with Gasteiger partial charge >= 0.3 is 0 Å². The predicted molar refractivity (Wildman–Crippen MR) is 123 cm³/mol. The number of aromatic nitrogens is 1. The zero-order chi connectivity index (χ0) is 23.2. The van der Waals surface area contributed by atoms with E-state index in [-0.39, 0.29) is 22.5 Å². The number of para-hydroxylation sites is 1. The van der Waals surface area contributed by atoms with Crippen LogP contribution in [0, 0.1) is 30.4 Å². The van der Waals surface area contributed by atoms with Crippen LogP contribution in [0.4, 0.5) is 20.2 Å². The predicted octanol–water partition coefficient (Wildman–Crippen LogP) is 4.30. The van der Waals surface area contributed by atoms with Crippen LogP contribution in [-0.2, 0) is 4.79 Å². The van der Waals surface area contributed by atoms with E-state index < -0.39 is 23.1 Å². The fourth-order valence-electron chi connectivity index (χ4n) is 4.08. The molecule has 0 aliphatic carbocycles. The standard InChI is InChI=1S/C24H23F2N5O/c1-5-7-15(23(32)31-27)22-24(3,4)30-17-10-16(25)18(19(26)21(17)29-22)14-9-6-8-13-12(2)11-28-20(13)14/h6,8-11,28-30H,27H2,1-4H3,(H,31,32). The third-order valence-electron chi connectivity index (χ3n) is 5.59. The van der Waals surface area contributed by atoms with E-state index in [1.807, 2.05) is 13.0 Å². The Morgan fingerprint density at radius 3 is 2.69 bits per heavy atom. The number of hydrazine groups is 1. The van der Waals surface area contributed by atoms with Crippen LogP contribution >= 0.6 is 0 Å². The summed E-state index contributed by atoms with van der Waals surface area (Å²) in [6, 6.07) is 6.57. The molecule has 0 spiro atoms. The van der Waals surface area contributed by atoms with E-state index in [0.29, 0.717) is 16.8 Å². The first kappa shape index (κ1) is 21.4. The summed E-state index contributed by atoms with van der Waals surface area (Å²) in [5, 5.41) is 6.98. The van der Waals surface area contributed by atoms with Crippen LogP contribution in [0.3, 0.4) is 0 Å². The van der Waals surface area contributed by atoms with Crippen molar-refractivity contribution in [1.29, 1.82) is 0 Å². The molecule has 32 heavy (non-hydrogen) atoms. The van der Waals surface area contributed by atoms with Crippen LogP contribution in [0.5, 0.6) is 0 Å². The first-order valence-corrected chi connectivity index (χ1v) is 10.0. The Bertz CT molecular complexity index is 1360. The van der Waals surface area contributed by atoms with Gasteiger partial charge in [-0.25, -0.2) is 14.6 Å². The fraction of sp³-hybridized carbons (Fsp3) is 0.208. The van der Waals surface area contributed by atoms with Crippen LogP contribution in [0.2, 0.25) is 0 Å². The van der Waals surface area contributed by atoms with Crippen molar-refractivity contribution in [2.45, 2.75) is 33.2 Å². The largest absolute Gasteiger partial charge is 0.373 e. The number of aromatic amines is 1. The molecule has 0 unspecified atom stereocenters. The summed E-state index contributed by atoms with van der Waals surface area (Å²) in [7, 11) is 0. The van der Waals surface area contributed by atoms with Crippen LogP contribution in [0.1, 0.15) is 26.3 Å². The third-order valence-corrected chi connectivity index (χ3v) is 5.59. The number of aryl methyl sites for hydroxylation is 1. The molecule has 1 aliphatic heterocycles. The molecule has 8 heteroatoms. The lowest BCUT2D eigenvalue weighted by Gasteiger charge is -2.38. The second kappa shape index (κ2) is 7.70. The maximum atomic E-state index is 15.9. The van der Waals surface area contributed by atoms with Gasteiger partial charge in [-0.05, 0) is 39.3 Å². The second-order valence-electron chi connectivity index (χ2n) is 8.14.